The van der Waals surface area contributed by atoms with E-state index in [2.05, 4.69) is 0 Å². The van der Waals surface area contributed by atoms with Crippen LogP contribution in [0.5, 0.6) is 5.75 Å². The molecule has 0 spiro atoms. The van der Waals surface area contributed by atoms with Crippen molar-refractivity contribution in [1.29, 1.82) is 0 Å². The van der Waals surface area contributed by atoms with Gasteiger partial charge in [0.2, 0.25) is 0 Å². The van der Waals surface area contributed by atoms with E-state index < -0.39 is 23.5 Å². The molecule has 2 N–H and O–H groups in total. The number of carbonyl (C=O) groups is 1. The third-order valence-corrected chi connectivity index (χ3v) is 5.73. The standard InChI is InChI=1S/C23H24FNO3S/c1-4-5-6-16(23(27)28)21-14(3)25(19-12-18(24)20(26)11-17(19)21)22(29)15-9-7-13(2)8-10-15/h7-12,16,26H,4-6H2,1-3H3,(H,27,28). The summed E-state index contributed by atoms with van der Waals surface area (Å²) in [5, 5.41) is 20.4. The van der Waals surface area contributed by atoms with Crippen molar-refractivity contribution in [3.05, 3.63) is 64.6 Å². The SMILES string of the molecule is CCCCC(C(=O)O)c1c(C)n(C(=S)c2ccc(C)cc2)c2cc(F)c(O)cc12. The first-order chi connectivity index (χ1) is 13.8. The van der Waals surface area contributed by atoms with Crippen LogP contribution in [0.1, 0.15) is 54.5 Å². The molecule has 1 unspecified atom stereocenters. The number of carboxylic acids is 1. The minimum Gasteiger partial charge on any atom is -0.505 e. The number of fused-ring (bicyclic) bond motifs is 1. The van der Waals surface area contributed by atoms with Gasteiger partial charge in [-0.15, -0.1) is 0 Å². The largest absolute Gasteiger partial charge is 0.505 e. The van der Waals surface area contributed by atoms with Crippen molar-refractivity contribution >= 4 is 34.1 Å². The van der Waals surface area contributed by atoms with E-state index in [4.69, 9.17) is 12.2 Å². The molecule has 3 aromatic rings. The number of hydrogen-bond acceptors (Lipinski definition) is 3. The average Bonchev–Trinajstić information content (AvgIpc) is 2.94. The molecule has 4 nitrogen and oxygen atoms in total. The summed E-state index contributed by atoms with van der Waals surface area (Å²) in [6.45, 7) is 5.78. The number of hydrogen-bond donors (Lipinski definition) is 2. The number of nitrogens with zero attached hydrogens (tertiary/aromatic N) is 1. The fourth-order valence-electron chi connectivity index (χ4n) is 3.77. The van der Waals surface area contributed by atoms with Gasteiger partial charge < -0.3 is 14.8 Å². The Morgan fingerprint density at radius 1 is 1.21 bits per heavy atom. The van der Waals surface area contributed by atoms with Crippen LogP contribution in [0.15, 0.2) is 36.4 Å². The zero-order valence-corrected chi connectivity index (χ0v) is 17.5. The highest BCUT2D eigenvalue weighted by atomic mass is 32.1. The first-order valence-electron chi connectivity index (χ1n) is 9.63. The van der Waals surface area contributed by atoms with E-state index in [1.807, 2.05) is 38.1 Å². The number of thiocarbonyl (C=S) groups is 1. The summed E-state index contributed by atoms with van der Waals surface area (Å²) in [5.41, 5.74) is 3.56. The second-order valence-electron chi connectivity index (χ2n) is 7.36. The number of aromatic hydroxyl groups is 1. The number of aromatic nitrogens is 1. The highest BCUT2D eigenvalue weighted by Crippen LogP contribution is 2.38. The van der Waals surface area contributed by atoms with E-state index in [0.717, 1.165) is 24.0 Å². The van der Waals surface area contributed by atoms with Gasteiger partial charge >= 0.3 is 5.97 Å². The smallest absolute Gasteiger partial charge is 0.311 e. The second kappa shape index (κ2) is 8.33. The van der Waals surface area contributed by atoms with Crippen LogP contribution < -0.4 is 0 Å². The molecule has 3 rings (SSSR count). The average molecular weight is 414 g/mol. The Morgan fingerprint density at radius 3 is 2.45 bits per heavy atom. The number of rotatable bonds is 6. The number of phenols is 1. The molecule has 0 bridgehead atoms. The predicted molar refractivity (Wildman–Crippen MR) is 116 cm³/mol. The van der Waals surface area contributed by atoms with Gasteiger partial charge in [0.15, 0.2) is 11.6 Å². The molecule has 0 aliphatic rings. The number of halogens is 1. The second-order valence-corrected chi connectivity index (χ2v) is 7.75. The molecule has 0 fully saturated rings. The zero-order valence-electron chi connectivity index (χ0n) is 16.7. The van der Waals surface area contributed by atoms with Crippen molar-refractivity contribution in [2.45, 2.75) is 46.0 Å². The molecule has 1 atom stereocenters. The Morgan fingerprint density at radius 2 is 1.86 bits per heavy atom. The Hall–Kier alpha value is -2.73. The molecular weight excluding hydrogens is 389 g/mol. The van der Waals surface area contributed by atoms with Gasteiger partial charge in [0.05, 0.1) is 11.4 Å². The molecule has 152 valence electrons. The first-order valence-corrected chi connectivity index (χ1v) is 10.0. The van der Waals surface area contributed by atoms with Crippen LogP contribution >= 0.6 is 12.2 Å². The summed E-state index contributed by atoms with van der Waals surface area (Å²) in [5.74, 6) is -2.97. The molecule has 0 saturated carbocycles. The van der Waals surface area contributed by atoms with Gasteiger partial charge in [-0.1, -0.05) is 61.8 Å². The van der Waals surface area contributed by atoms with Crippen molar-refractivity contribution < 1.29 is 19.4 Å². The monoisotopic (exact) mass is 413 g/mol. The zero-order chi connectivity index (χ0) is 21.3. The van der Waals surface area contributed by atoms with Gasteiger partial charge in [0.25, 0.3) is 0 Å². The maximum Gasteiger partial charge on any atom is 0.311 e. The van der Waals surface area contributed by atoms with Crippen molar-refractivity contribution in [2.75, 3.05) is 0 Å². The summed E-state index contributed by atoms with van der Waals surface area (Å²) >= 11 is 5.70. The summed E-state index contributed by atoms with van der Waals surface area (Å²) in [4.78, 5) is 12.5. The molecule has 0 aliphatic heterocycles. The Balaban J connectivity index is 2.29. The van der Waals surface area contributed by atoms with Crippen LogP contribution in [0.25, 0.3) is 10.9 Å². The molecule has 0 aliphatic carbocycles. The molecular formula is C23H24FNO3S. The lowest BCUT2D eigenvalue weighted by molar-refractivity contribution is -0.139. The van der Waals surface area contributed by atoms with Crippen molar-refractivity contribution in [3.8, 4) is 5.75 Å². The lowest BCUT2D eigenvalue weighted by atomic mass is 9.91. The molecule has 0 saturated heterocycles. The Labute approximate surface area is 174 Å². The van der Waals surface area contributed by atoms with Gasteiger partial charge in [-0.2, -0.15) is 0 Å². The number of unbranched alkanes of at least 4 members (excludes halogenated alkanes) is 1. The topological polar surface area (TPSA) is 62.5 Å². The fraction of sp³-hybridized carbons (Fsp3) is 0.304. The molecule has 0 radical (unpaired) electrons. The van der Waals surface area contributed by atoms with Gasteiger partial charge in [0, 0.05) is 22.7 Å². The molecule has 1 aromatic heterocycles. The third-order valence-electron chi connectivity index (χ3n) is 5.32. The first kappa shape index (κ1) is 21.0. The highest BCUT2D eigenvalue weighted by molar-refractivity contribution is 7.80. The maximum atomic E-state index is 14.2. The minimum absolute atomic E-state index is 0.459. The molecule has 1 heterocycles. The van der Waals surface area contributed by atoms with E-state index in [9.17, 15) is 19.4 Å². The summed E-state index contributed by atoms with van der Waals surface area (Å²) in [7, 11) is 0. The van der Waals surface area contributed by atoms with Gasteiger partial charge in [-0.3, -0.25) is 4.79 Å². The van der Waals surface area contributed by atoms with Gasteiger partial charge in [0.1, 0.15) is 4.99 Å². The Bertz CT molecular complexity index is 1090. The Kier molecular flexibility index (Phi) is 6.03. The van der Waals surface area contributed by atoms with Crippen molar-refractivity contribution in [1.82, 2.24) is 4.57 Å². The van der Waals surface area contributed by atoms with Gasteiger partial charge in [-0.05, 0) is 31.9 Å². The fourth-order valence-corrected chi connectivity index (χ4v) is 4.15. The van der Waals surface area contributed by atoms with Crippen LogP contribution in [0.3, 0.4) is 0 Å². The van der Waals surface area contributed by atoms with E-state index >= 15 is 0 Å². The number of aryl methyl sites for hydroxylation is 1. The summed E-state index contributed by atoms with van der Waals surface area (Å²) < 4.78 is 15.9. The van der Waals surface area contributed by atoms with Gasteiger partial charge in [-0.25, -0.2) is 4.39 Å². The van der Waals surface area contributed by atoms with E-state index in [0.29, 0.717) is 33.6 Å². The minimum atomic E-state index is -0.939. The molecule has 6 heteroatoms. The summed E-state index contributed by atoms with van der Waals surface area (Å²) in [6, 6.07) is 10.2. The predicted octanol–water partition coefficient (Wildman–Crippen LogP) is 5.69. The lowest BCUT2D eigenvalue weighted by Gasteiger charge is -2.14. The molecule has 29 heavy (non-hydrogen) atoms. The normalized spacial score (nSPS) is 12.3. The van der Waals surface area contributed by atoms with Crippen LogP contribution in [0, 0.1) is 19.7 Å². The van der Waals surface area contributed by atoms with Crippen LogP contribution in [-0.4, -0.2) is 25.7 Å². The van der Waals surface area contributed by atoms with E-state index in [1.54, 1.807) is 11.5 Å². The number of carboxylic acid groups (broad SMARTS) is 1. The number of phenolic OH excluding ortho intramolecular Hbond substituents is 1. The molecule has 0 amide bonds. The lowest BCUT2D eigenvalue weighted by Crippen LogP contribution is -2.16. The summed E-state index contributed by atoms with van der Waals surface area (Å²) in [6.07, 6.45) is 2.07. The number of benzene rings is 2. The number of aliphatic carboxylic acids is 1. The van der Waals surface area contributed by atoms with Crippen molar-refractivity contribution in [3.63, 3.8) is 0 Å². The van der Waals surface area contributed by atoms with Crippen LogP contribution in [-0.2, 0) is 4.79 Å². The quantitative estimate of drug-likeness (QED) is 0.510. The highest BCUT2D eigenvalue weighted by Gasteiger charge is 2.29. The van der Waals surface area contributed by atoms with Crippen molar-refractivity contribution in [2.24, 2.45) is 0 Å². The van der Waals surface area contributed by atoms with Crippen LogP contribution in [0.2, 0.25) is 0 Å². The van der Waals surface area contributed by atoms with Crippen LogP contribution in [0.4, 0.5) is 4.39 Å². The van der Waals surface area contributed by atoms with E-state index in [-0.39, 0.29) is 0 Å². The third kappa shape index (κ3) is 3.90. The van der Waals surface area contributed by atoms with E-state index in [1.165, 1.54) is 12.1 Å². The maximum absolute atomic E-state index is 14.2. The molecule has 2 aromatic carbocycles.